The predicted molar refractivity (Wildman–Crippen MR) is 54.0 cm³/mol. The quantitative estimate of drug-likeness (QED) is 0.667. The molecule has 0 saturated carbocycles. The molecule has 3 nitrogen and oxygen atoms in total. The predicted octanol–water partition coefficient (Wildman–Crippen LogP) is 1.96. The van der Waals surface area contributed by atoms with Gasteiger partial charge in [0, 0.05) is 0 Å². The molecule has 0 aromatic heterocycles. The summed E-state index contributed by atoms with van der Waals surface area (Å²) in [7, 11) is 0. The van der Waals surface area contributed by atoms with Crippen LogP contribution < -0.4 is 0 Å². The molecule has 3 heteroatoms. The number of aliphatic carboxylic acids is 1. The van der Waals surface area contributed by atoms with Gasteiger partial charge in [-0.05, 0) is 25.2 Å². The Bertz CT molecular complexity index is 276. The molecule has 0 aliphatic heterocycles. The second kappa shape index (κ2) is 3.73. The van der Waals surface area contributed by atoms with E-state index in [2.05, 4.69) is 0 Å². The molecule has 0 aromatic rings. The van der Waals surface area contributed by atoms with Crippen LogP contribution in [-0.2, 0) is 4.79 Å². The Kier molecular flexibility index (Phi) is 3.00. The molecule has 2 N–H and O–H groups in total. The SMILES string of the molecule is CC1=C(CC(=O)O)C(C)(C)CC(O)C1. The van der Waals surface area contributed by atoms with Gasteiger partial charge in [-0.3, -0.25) is 4.79 Å². The maximum atomic E-state index is 10.7. The molecular weight excluding hydrogens is 180 g/mol. The van der Waals surface area contributed by atoms with Crippen molar-refractivity contribution in [2.24, 2.45) is 5.41 Å². The van der Waals surface area contributed by atoms with Crippen molar-refractivity contribution in [3.8, 4) is 0 Å². The zero-order chi connectivity index (χ0) is 10.9. The maximum absolute atomic E-state index is 10.7. The van der Waals surface area contributed by atoms with E-state index in [-0.39, 0.29) is 17.9 Å². The van der Waals surface area contributed by atoms with Crippen LogP contribution in [0.2, 0.25) is 0 Å². The number of rotatable bonds is 2. The highest BCUT2D eigenvalue weighted by atomic mass is 16.4. The van der Waals surface area contributed by atoms with E-state index < -0.39 is 5.97 Å². The first-order chi connectivity index (χ1) is 6.33. The van der Waals surface area contributed by atoms with Crippen LogP contribution >= 0.6 is 0 Å². The Hall–Kier alpha value is -0.830. The monoisotopic (exact) mass is 198 g/mol. The molecule has 14 heavy (non-hydrogen) atoms. The summed E-state index contributed by atoms with van der Waals surface area (Å²) < 4.78 is 0. The van der Waals surface area contributed by atoms with Crippen LogP contribution in [-0.4, -0.2) is 22.3 Å². The minimum Gasteiger partial charge on any atom is -0.481 e. The summed E-state index contributed by atoms with van der Waals surface area (Å²) in [5, 5.41) is 18.4. The van der Waals surface area contributed by atoms with Crippen molar-refractivity contribution >= 4 is 5.97 Å². The van der Waals surface area contributed by atoms with Crippen LogP contribution in [0.15, 0.2) is 11.1 Å². The summed E-state index contributed by atoms with van der Waals surface area (Å²) in [4.78, 5) is 10.7. The summed E-state index contributed by atoms with van der Waals surface area (Å²) in [5.74, 6) is -0.788. The molecule has 0 aromatic carbocycles. The van der Waals surface area contributed by atoms with Gasteiger partial charge in [0.15, 0.2) is 0 Å². The third-order valence-electron chi connectivity index (χ3n) is 2.95. The minimum absolute atomic E-state index is 0.103. The van der Waals surface area contributed by atoms with Gasteiger partial charge in [-0.15, -0.1) is 0 Å². The van der Waals surface area contributed by atoms with Gasteiger partial charge >= 0.3 is 5.97 Å². The van der Waals surface area contributed by atoms with Crippen molar-refractivity contribution in [2.45, 2.75) is 46.1 Å². The molecule has 0 bridgehead atoms. The number of hydrogen-bond acceptors (Lipinski definition) is 2. The van der Waals surface area contributed by atoms with Crippen molar-refractivity contribution in [3.05, 3.63) is 11.1 Å². The summed E-state index contributed by atoms with van der Waals surface area (Å²) in [6, 6.07) is 0. The lowest BCUT2D eigenvalue weighted by Crippen LogP contribution is -2.30. The molecule has 0 spiro atoms. The van der Waals surface area contributed by atoms with Gasteiger partial charge < -0.3 is 10.2 Å². The Labute approximate surface area is 84.4 Å². The molecule has 1 rings (SSSR count). The van der Waals surface area contributed by atoms with Crippen LogP contribution in [0, 0.1) is 5.41 Å². The highest BCUT2D eigenvalue weighted by Gasteiger charge is 2.33. The van der Waals surface area contributed by atoms with E-state index in [1.54, 1.807) is 0 Å². The molecule has 1 aliphatic rings. The second-order valence-corrected chi connectivity index (χ2v) is 4.78. The number of carbonyl (C=O) groups is 1. The second-order valence-electron chi connectivity index (χ2n) is 4.78. The van der Waals surface area contributed by atoms with E-state index >= 15 is 0 Å². The van der Waals surface area contributed by atoms with Gasteiger partial charge in [-0.25, -0.2) is 0 Å². The molecule has 0 heterocycles. The van der Waals surface area contributed by atoms with Crippen LogP contribution in [0.3, 0.4) is 0 Å². The number of aliphatic hydroxyl groups excluding tert-OH is 1. The number of carboxylic acid groups (broad SMARTS) is 1. The van der Waals surface area contributed by atoms with Gasteiger partial charge in [0.25, 0.3) is 0 Å². The fourth-order valence-electron chi connectivity index (χ4n) is 2.38. The highest BCUT2D eigenvalue weighted by Crippen LogP contribution is 2.41. The fourth-order valence-corrected chi connectivity index (χ4v) is 2.38. The van der Waals surface area contributed by atoms with Crippen molar-refractivity contribution in [2.75, 3.05) is 0 Å². The first-order valence-electron chi connectivity index (χ1n) is 4.92. The van der Waals surface area contributed by atoms with Crippen molar-refractivity contribution in [1.82, 2.24) is 0 Å². The Morgan fingerprint density at radius 1 is 1.57 bits per heavy atom. The summed E-state index contributed by atoms with van der Waals surface area (Å²) >= 11 is 0. The average molecular weight is 198 g/mol. The van der Waals surface area contributed by atoms with E-state index in [0.717, 1.165) is 11.1 Å². The van der Waals surface area contributed by atoms with Crippen molar-refractivity contribution in [3.63, 3.8) is 0 Å². The average Bonchev–Trinajstić information content (AvgIpc) is 1.95. The molecular formula is C11H18O3. The first kappa shape index (κ1) is 11.2. The van der Waals surface area contributed by atoms with E-state index in [0.29, 0.717) is 12.8 Å². The van der Waals surface area contributed by atoms with Crippen LogP contribution in [0.4, 0.5) is 0 Å². The highest BCUT2D eigenvalue weighted by molar-refractivity contribution is 5.70. The van der Waals surface area contributed by atoms with Crippen molar-refractivity contribution in [1.29, 1.82) is 0 Å². The van der Waals surface area contributed by atoms with E-state index in [4.69, 9.17) is 5.11 Å². The first-order valence-corrected chi connectivity index (χ1v) is 4.92. The zero-order valence-corrected chi connectivity index (χ0v) is 9.00. The minimum atomic E-state index is -0.788. The summed E-state index contributed by atoms with van der Waals surface area (Å²) in [5.41, 5.74) is 1.84. The van der Waals surface area contributed by atoms with Gasteiger partial charge in [0.05, 0.1) is 12.5 Å². The van der Waals surface area contributed by atoms with E-state index in [1.165, 1.54) is 0 Å². The Balaban J connectivity index is 2.96. The lowest BCUT2D eigenvalue weighted by atomic mass is 9.70. The maximum Gasteiger partial charge on any atom is 0.307 e. The zero-order valence-electron chi connectivity index (χ0n) is 9.00. The van der Waals surface area contributed by atoms with Gasteiger partial charge in [0.2, 0.25) is 0 Å². The fraction of sp³-hybridized carbons (Fsp3) is 0.727. The van der Waals surface area contributed by atoms with Gasteiger partial charge in [0.1, 0.15) is 0 Å². The standard InChI is InChI=1S/C11H18O3/c1-7-4-8(12)6-11(2,3)9(7)5-10(13)14/h8,12H,4-6H2,1-3H3,(H,13,14). The lowest BCUT2D eigenvalue weighted by Gasteiger charge is -2.36. The topological polar surface area (TPSA) is 57.5 Å². The normalized spacial score (nSPS) is 26.4. The number of aliphatic hydroxyl groups is 1. The number of hydrogen-bond donors (Lipinski definition) is 2. The summed E-state index contributed by atoms with van der Waals surface area (Å²) in [6.45, 7) is 5.91. The molecule has 1 aliphatic carbocycles. The molecule has 0 radical (unpaired) electrons. The third-order valence-corrected chi connectivity index (χ3v) is 2.95. The third kappa shape index (κ3) is 2.35. The Morgan fingerprint density at radius 3 is 2.57 bits per heavy atom. The molecule has 1 unspecified atom stereocenters. The smallest absolute Gasteiger partial charge is 0.307 e. The van der Waals surface area contributed by atoms with Gasteiger partial charge in [-0.1, -0.05) is 25.0 Å². The van der Waals surface area contributed by atoms with Crippen LogP contribution in [0.1, 0.15) is 40.0 Å². The van der Waals surface area contributed by atoms with Crippen molar-refractivity contribution < 1.29 is 15.0 Å². The molecule has 0 saturated heterocycles. The Morgan fingerprint density at radius 2 is 2.14 bits per heavy atom. The van der Waals surface area contributed by atoms with E-state index in [9.17, 15) is 9.90 Å². The molecule has 0 fully saturated rings. The molecule has 80 valence electrons. The van der Waals surface area contributed by atoms with Crippen LogP contribution in [0.25, 0.3) is 0 Å². The number of carboxylic acids is 1. The largest absolute Gasteiger partial charge is 0.481 e. The molecule has 0 amide bonds. The summed E-state index contributed by atoms with van der Waals surface area (Å²) in [6.07, 6.45) is 1.06. The lowest BCUT2D eigenvalue weighted by molar-refractivity contribution is -0.136. The van der Waals surface area contributed by atoms with E-state index in [1.807, 2.05) is 20.8 Å². The molecule has 1 atom stereocenters. The van der Waals surface area contributed by atoms with Crippen LogP contribution in [0.5, 0.6) is 0 Å². The van der Waals surface area contributed by atoms with Gasteiger partial charge in [-0.2, -0.15) is 0 Å².